The fraction of sp³-hybridized carbons (Fsp3) is 0.688. The fourth-order valence-electron chi connectivity index (χ4n) is 3.32. The minimum absolute atomic E-state index is 0.634. The zero-order valence-electron chi connectivity index (χ0n) is 12.5. The molecule has 3 unspecified atom stereocenters. The van der Waals surface area contributed by atoms with Gasteiger partial charge >= 0.3 is 0 Å². The summed E-state index contributed by atoms with van der Waals surface area (Å²) in [6, 6.07) is 5.52. The summed E-state index contributed by atoms with van der Waals surface area (Å²) in [4.78, 5) is 6.60. The van der Waals surface area contributed by atoms with E-state index in [1.54, 1.807) is 0 Å². The van der Waals surface area contributed by atoms with Gasteiger partial charge in [-0.1, -0.05) is 13.3 Å². The highest BCUT2D eigenvalue weighted by molar-refractivity contribution is 5.09. The minimum atomic E-state index is 0.634. The zero-order valence-corrected chi connectivity index (χ0v) is 12.5. The molecule has 2 rings (SSSR count). The lowest BCUT2D eigenvalue weighted by molar-refractivity contribution is 0.116. The molecule has 3 nitrogen and oxygen atoms in total. The molecule has 1 N–H and O–H groups in total. The third kappa shape index (κ3) is 3.77. The molecular formula is C16H27N3. The molecular weight excluding hydrogens is 234 g/mol. The van der Waals surface area contributed by atoms with E-state index in [2.05, 4.69) is 48.4 Å². The molecule has 0 spiro atoms. The van der Waals surface area contributed by atoms with Crippen molar-refractivity contribution in [2.24, 2.45) is 5.92 Å². The number of nitrogens with zero attached hydrogens (tertiary/aromatic N) is 2. The minimum Gasteiger partial charge on any atom is -0.315 e. The first-order chi connectivity index (χ1) is 9.24. The molecule has 106 valence electrons. The second-order valence-corrected chi connectivity index (χ2v) is 5.82. The van der Waals surface area contributed by atoms with Crippen LogP contribution in [0.4, 0.5) is 0 Å². The number of hydrogen-bond acceptors (Lipinski definition) is 3. The predicted molar refractivity (Wildman–Crippen MR) is 80.0 cm³/mol. The fourth-order valence-corrected chi connectivity index (χ4v) is 3.32. The van der Waals surface area contributed by atoms with Crippen LogP contribution in [0.2, 0.25) is 0 Å². The van der Waals surface area contributed by atoms with E-state index in [0.29, 0.717) is 12.1 Å². The smallest absolute Gasteiger partial charge is 0.0271 e. The van der Waals surface area contributed by atoms with Crippen LogP contribution in [0, 0.1) is 5.92 Å². The van der Waals surface area contributed by atoms with Crippen molar-refractivity contribution in [3.8, 4) is 0 Å². The highest BCUT2D eigenvalue weighted by Crippen LogP contribution is 2.30. The quantitative estimate of drug-likeness (QED) is 0.883. The van der Waals surface area contributed by atoms with Gasteiger partial charge < -0.3 is 5.32 Å². The van der Waals surface area contributed by atoms with Gasteiger partial charge in [-0.05, 0) is 57.0 Å². The molecule has 1 fully saturated rings. The number of hydrogen-bond donors (Lipinski definition) is 1. The first kappa shape index (κ1) is 14.5. The molecule has 0 aliphatic heterocycles. The van der Waals surface area contributed by atoms with Crippen molar-refractivity contribution < 1.29 is 0 Å². The summed E-state index contributed by atoms with van der Waals surface area (Å²) in [5, 5.41) is 3.51. The van der Waals surface area contributed by atoms with Gasteiger partial charge in [-0.3, -0.25) is 9.88 Å². The predicted octanol–water partition coefficient (Wildman–Crippen LogP) is 2.68. The second-order valence-electron chi connectivity index (χ2n) is 5.82. The Balaban J connectivity index is 2.00. The van der Waals surface area contributed by atoms with Crippen LogP contribution in [0.25, 0.3) is 0 Å². The van der Waals surface area contributed by atoms with Crippen LogP contribution in [0.3, 0.4) is 0 Å². The summed E-state index contributed by atoms with van der Waals surface area (Å²) in [5.74, 6) is 0.898. The molecule has 1 aliphatic rings. The van der Waals surface area contributed by atoms with E-state index in [1.807, 2.05) is 12.4 Å². The number of nitrogens with one attached hydrogen (secondary N) is 1. The van der Waals surface area contributed by atoms with Crippen molar-refractivity contribution in [2.45, 2.75) is 51.2 Å². The van der Waals surface area contributed by atoms with E-state index in [1.165, 1.54) is 31.2 Å². The summed E-state index contributed by atoms with van der Waals surface area (Å²) < 4.78 is 0. The monoisotopic (exact) mass is 261 g/mol. The average molecular weight is 261 g/mol. The van der Waals surface area contributed by atoms with Gasteiger partial charge in [0.05, 0.1) is 0 Å². The van der Waals surface area contributed by atoms with Crippen molar-refractivity contribution in [3.05, 3.63) is 30.1 Å². The van der Waals surface area contributed by atoms with Gasteiger partial charge in [0.25, 0.3) is 0 Å². The van der Waals surface area contributed by atoms with E-state index in [4.69, 9.17) is 0 Å². The van der Waals surface area contributed by atoms with Crippen LogP contribution in [-0.4, -0.2) is 36.1 Å². The molecule has 0 amide bonds. The lowest BCUT2D eigenvalue weighted by atomic mass is 9.80. The Hall–Kier alpha value is -0.930. The van der Waals surface area contributed by atoms with Gasteiger partial charge in [-0.15, -0.1) is 0 Å². The summed E-state index contributed by atoms with van der Waals surface area (Å²) in [5.41, 5.74) is 1.35. The van der Waals surface area contributed by atoms with Crippen LogP contribution in [-0.2, 0) is 6.54 Å². The molecule has 3 atom stereocenters. The lowest BCUT2D eigenvalue weighted by Gasteiger charge is -2.41. The summed E-state index contributed by atoms with van der Waals surface area (Å²) in [6.07, 6.45) is 9.09. The Bertz CT molecular complexity index is 366. The Kier molecular flexibility index (Phi) is 5.34. The van der Waals surface area contributed by atoms with Gasteiger partial charge in [0.2, 0.25) is 0 Å². The molecule has 1 aromatic heterocycles. The number of pyridine rings is 1. The number of rotatable bonds is 5. The molecule has 1 heterocycles. The first-order valence-electron chi connectivity index (χ1n) is 7.51. The van der Waals surface area contributed by atoms with Crippen molar-refractivity contribution in [1.82, 2.24) is 15.2 Å². The van der Waals surface area contributed by atoms with Crippen LogP contribution in [0.5, 0.6) is 0 Å². The summed E-state index contributed by atoms with van der Waals surface area (Å²) >= 11 is 0. The molecule has 1 saturated carbocycles. The van der Waals surface area contributed by atoms with E-state index in [9.17, 15) is 0 Å². The van der Waals surface area contributed by atoms with Crippen LogP contribution in [0.1, 0.15) is 38.2 Å². The molecule has 1 aromatic rings. The van der Waals surface area contributed by atoms with Gasteiger partial charge in [-0.2, -0.15) is 0 Å². The van der Waals surface area contributed by atoms with E-state index in [-0.39, 0.29) is 0 Å². The summed E-state index contributed by atoms with van der Waals surface area (Å²) in [6.45, 7) is 3.34. The molecule has 1 aliphatic carbocycles. The third-order valence-corrected chi connectivity index (χ3v) is 4.62. The Labute approximate surface area is 117 Å². The lowest BCUT2D eigenvalue weighted by Crippen LogP contribution is -2.50. The largest absolute Gasteiger partial charge is 0.315 e. The van der Waals surface area contributed by atoms with Crippen LogP contribution < -0.4 is 5.32 Å². The Morgan fingerprint density at radius 2 is 2.05 bits per heavy atom. The third-order valence-electron chi connectivity index (χ3n) is 4.62. The van der Waals surface area contributed by atoms with E-state index in [0.717, 1.165) is 12.5 Å². The van der Waals surface area contributed by atoms with E-state index < -0.39 is 0 Å². The van der Waals surface area contributed by atoms with E-state index >= 15 is 0 Å². The topological polar surface area (TPSA) is 28.2 Å². The summed E-state index contributed by atoms with van der Waals surface area (Å²) in [7, 11) is 4.36. The SMILES string of the molecule is CCC1CCC(NC)C(N(C)Cc2ccncc2)C1. The second kappa shape index (κ2) is 7.01. The van der Waals surface area contributed by atoms with Crippen molar-refractivity contribution in [3.63, 3.8) is 0 Å². The molecule has 0 aromatic carbocycles. The van der Waals surface area contributed by atoms with Gasteiger partial charge in [0.1, 0.15) is 0 Å². The van der Waals surface area contributed by atoms with Gasteiger partial charge in [0.15, 0.2) is 0 Å². The van der Waals surface area contributed by atoms with Gasteiger partial charge in [-0.25, -0.2) is 0 Å². The maximum atomic E-state index is 4.09. The molecule has 19 heavy (non-hydrogen) atoms. The average Bonchev–Trinajstić information content (AvgIpc) is 2.47. The Morgan fingerprint density at radius 3 is 2.68 bits per heavy atom. The van der Waals surface area contributed by atoms with Crippen molar-refractivity contribution >= 4 is 0 Å². The first-order valence-corrected chi connectivity index (χ1v) is 7.51. The number of likely N-dealkylation sites (N-methyl/N-ethyl adjacent to an activating group) is 2. The van der Waals surface area contributed by atoms with Crippen molar-refractivity contribution in [2.75, 3.05) is 14.1 Å². The molecule has 3 heteroatoms. The highest BCUT2D eigenvalue weighted by atomic mass is 15.2. The maximum absolute atomic E-state index is 4.09. The van der Waals surface area contributed by atoms with Crippen molar-refractivity contribution in [1.29, 1.82) is 0 Å². The molecule has 0 saturated heterocycles. The maximum Gasteiger partial charge on any atom is 0.0271 e. The van der Waals surface area contributed by atoms with Crippen LogP contribution >= 0.6 is 0 Å². The standard InChI is InChI=1S/C16H27N3/c1-4-13-5-6-15(17-2)16(11-13)19(3)12-14-7-9-18-10-8-14/h7-10,13,15-17H,4-6,11-12H2,1-3H3. The molecule has 0 bridgehead atoms. The zero-order chi connectivity index (χ0) is 13.7. The number of aromatic nitrogens is 1. The highest BCUT2D eigenvalue weighted by Gasteiger charge is 2.31. The van der Waals surface area contributed by atoms with Gasteiger partial charge in [0, 0.05) is 31.0 Å². The molecule has 0 radical (unpaired) electrons. The van der Waals surface area contributed by atoms with Crippen LogP contribution in [0.15, 0.2) is 24.5 Å². The Morgan fingerprint density at radius 1 is 1.32 bits per heavy atom. The normalized spacial score (nSPS) is 27.7.